The smallest absolute Gasteiger partial charge is 0.273 e. The molecule has 0 radical (unpaired) electrons. The Balaban J connectivity index is 1.72. The van der Waals surface area contributed by atoms with Crippen LogP contribution in [0.5, 0.6) is 11.5 Å². The Bertz CT molecular complexity index is 882. The number of nitrogens with zero attached hydrogens (tertiary/aromatic N) is 2. The summed E-state index contributed by atoms with van der Waals surface area (Å²) in [4.78, 5) is 25.2. The van der Waals surface area contributed by atoms with Gasteiger partial charge in [0.15, 0.2) is 18.1 Å². The Morgan fingerprint density at radius 1 is 1.13 bits per heavy atom. The molecule has 1 amide bonds. The average molecular weight is 416 g/mol. The number of ether oxygens (including phenoxy) is 2. The van der Waals surface area contributed by atoms with Crippen LogP contribution in [0.3, 0.4) is 0 Å². The van der Waals surface area contributed by atoms with Gasteiger partial charge in [-0.25, -0.2) is 4.39 Å². The summed E-state index contributed by atoms with van der Waals surface area (Å²) in [5.74, 6) is -0.0453. The molecule has 1 aliphatic rings. The summed E-state index contributed by atoms with van der Waals surface area (Å²) in [5.41, 5.74) is 0.730. The highest BCUT2D eigenvalue weighted by molar-refractivity contribution is 5.78. The van der Waals surface area contributed by atoms with Gasteiger partial charge in [0, 0.05) is 18.7 Å². The zero-order valence-electron chi connectivity index (χ0n) is 16.9. The molecule has 0 unspecified atom stereocenters. The van der Waals surface area contributed by atoms with Gasteiger partial charge in [-0.2, -0.15) is 0 Å². The van der Waals surface area contributed by atoms with Gasteiger partial charge in [-0.15, -0.1) is 0 Å². The maximum Gasteiger partial charge on any atom is 0.273 e. The molecule has 3 rings (SSSR count). The quantitative estimate of drug-likeness (QED) is 0.468. The van der Waals surface area contributed by atoms with Gasteiger partial charge < -0.3 is 14.4 Å². The lowest BCUT2D eigenvalue weighted by molar-refractivity contribution is -0.384. The molecule has 30 heavy (non-hydrogen) atoms. The van der Waals surface area contributed by atoms with Crippen molar-refractivity contribution in [3.63, 3.8) is 0 Å². The number of nitro groups is 1. The first-order valence-corrected chi connectivity index (χ1v) is 9.97. The van der Waals surface area contributed by atoms with Crippen molar-refractivity contribution in [2.24, 2.45) is 0 Å². The van der Waals surface area contributed by atoms with Crippen molar-refractivity contribution in [3.05, 3.63) is 64.0 Å². The van der Waals surface area contributed by atoms with Crippen molar-refractivity contribution in [2.75, 3.05) is 13.7 Å². The number of benzene rings is 2. The highest BCUT2D eigenvalue weighted by Gasteiger charge is 2.26. The normalized spacial score (nSPS) is 14.2. The first kappa shape index (κ1) is 21.5. The zero-order valence-corrected chi connectivity index (χ0v) is 16.9. The van der Waals surface area contributed by atoms with E-state index in [2.05, 4.69) is 0 Å². The first-order valence-electron chi connectivity index (χ1n) is 9.97. The highest BCUT2D eigenvalue weighted by Crippen LogP contribution is 2.31. The Kier molecular flexibility index (Phi) is 7.21. The highest BCUT2D eigenvalue weighted by atomic mass is 19.1. The molecule has 1 saturated carbocycles. The van der Waals surface area contributed by atoms with Crippen LogP contribution >= 0.6 is 0 Å². The van der Waals surface area contributed by atoms with E-state index in [9.17, 15) is 19.3 Å². The minimum Gasteiger partial charge on any atom is -0.493 e. The molecule has 0 aromatic heterocycles. The Labute approximate surface area is 174 Å². The van der Waals surface area contributed by atoms with Gasteiger partial charge in [0.05, 0.1) is 18.1 Å². The summed E-state index contributed by atoms with van der Waals surface area (Å²) in [6.07, 6.45) is 5.14. The predicted molar refractivity (Wildman–Crippen MR) is 109 cm³/mol. The van der Waals surface area contributed by atoms with Gasteiger partial charge in [0.1, 0.15) is 5.82 Å². The van der Waals surface area contributed by atoms with Crippen LogP contribution < -0.4 is 9.47 Å². The van der Waals surface area contributed by atoms with Crippen molar-refractivity contribution in [1.29, 1.82) is 0 Å². The van der Waals surface area contributed by atoms with Crippen LogP contribution in [0.4, 0.5) is 10.1 Å². The molecule has 0 saturated heterocycles. The van der Waals surface area contributed by atoms with E-state index >= 15 is 0 Å². The average Bonchev–Trinajstić information content (AvgIpc) is 2.77. The van der Waals surface area contributed by atoms with Gasteiger partial charge >= 0.3 is 0 Å². The molecule has 2 aromatic rings. The summed E-state index contributed by atoms with van der Waals surface area (Å²) in [5, 5.41) is 10.9. The van der Waals surface area contributed by atoms with Crippen LogP contribution in [0, 0.1) is 15.9 Å². The SMILES string of the molecule is COc1cc([N+](=O)[O-])ccc1OCC(=O)N(Cc1ccc(F)cc1)C1CCCCC1. The molecule has 2 aromatic carbocycles. The van der Waals surface area contributed by atoms with Crippen molar-refractivity contribution in [1.82, 2.24) is 4.90 Å². The van der Waals surface area contributed by atoms with Gasteiger partial charge in [0.25, 0.3) is 11.6 Å². The van der Waals surface area contributed by atoms with E-state index in [1.54, 1.807) is 17.0 Å². The number of rotatable bonds is 8. The number of methoxy groups -OCH3 is 1. The van der Waals surface area contributed by atoms with Gasteiger partial charge in [-0.05, 0) is 36.6 Å². The van der Waals surface area contributed by atoms with E-state index < -0.39 is 4.92 Å². The van der Waals surface area contributed by atoms with E-state index in [1.165, 1.54) is 37.4 Å². The van der Waals surface area contributed by atoms with Crippen LogP contribution in [0.2, 0.25) is 0 Å². The standard InChI is InChI=1S/C22H25FN2O5/c1-29-21-13-19(25(27)28)11-12-20(21)30-15-22(26)24(18-5-3-2-4-6-18)14-16-7-9-17(23)10-8-16/h7-13,18H,2-6,14-15H2,1H3. The number of carbonyl (C=O) groups is 1. The maximum atomic E-state index is 13.2. The number of non-ortho nitro benzene ring substituents is 1. The molecular weight excluding hydrogens is 391 g/mol. The van der Waals surface area contributed by atoms with Crippen LogP contribution in [-0.4, -0.2) is 35.5 Å². The zero-order chi connectivity index (χ0) is 21.5. The lowest BCUT2D eigenvalue weighted by atomic mass is 9.93. The number of amides is 1. The lowest BCUT2D eigenvalue weighted by Gasteiger charge is -2.34. The summed E-state index contributed by atoms with van der Waals surface area (Å²) in [6, 6.07) is 10.2. The lowest BCUT2D eigenvalue weighted by Crippen LogP contribution is -2.43. The van der Waals surface area contributed by atoms with Crippen LogP contribution in [0.15, 0.2) is 42.5 Å². The third-order valence-corrected chi connectivity index (χ3v) is 5.31. The third kappa shape index (κ3) is 5.46. The molecule has 0 spiro atoms. The molecule has 160 valence electrons. The fourth-order valence-corrected chi connectivity index (χ4v) is 3.71. The van der Waals surface area contributed by atoms with Crippen LogP contribution in [0.1, 0.15) is 37.7 Å². The monoisotopic (exact) mass is 416 g/mol. The Hall–Kier alpha value is -3.16. The molecule has 8 heteroatoms. The molecule has 0 aliphatic heterocycles. The van der Waals surface area contributed by atoms with Crippen LogP contribution in [0.25, 0.3) is 0 Å². The topological polar surface area (TPSA) is 81.9 Å². The molecule has 0 bridgehead atoms. The molecule has 1 fully saturated rings. The van der Waals surface area contributed by atoms with Crippen molar-refractivity contribution in [2.45, 2.75) is 44.7 Å². The van der Waals surface area contributed by atoms with Crippen molar-refractivity contribution >= 4 is 11.6 Å². The predicted octanol–water partition coefficient (Wildman–Crippen LogP) is 4.48. The van der Waals surface area contributed by atoms with E-state index in [0.717, 1.165) is 37.7 Å². The van der Waals surface area contributed by atoms with Crippen LogP contribution in [-0.2, 0) is 11.3 Å². The Morgan fingerprint density at radius 3 is 2.47 bits per heavy atom. The van der Waals surface area contributed by atoms with Gasteiger partial charge in [0.2, 0.25) is 0 Å². The van der Waals surface area contributed by atoms with E-state index in [4.69, 9.17) is 9.47 Å². The number of hydrogen-bond donors (Lipinski definition) is 0. The summed E-state index contributed by atoms with van der Waals surface area (Å²) < 4.78 is 24.1. The summed E-state index contributed by atoms with van der Waals surface area (Å²) in [7, 11) is 1.39. The van der Waals surface area contributed by atoms with Crippen molar-refractivity contribution in [3.8, 4) is 11.5 Å². The fraction of sp³-hybridized carbons (Fsp3) is 0.409. The van der Waals surface area contributed by atoms with Gasteiger partial charge in [-0.3, -0.25) is 14.9 Å². The second kappa shape index (κ2) is 10.0. The largest absolute Gasteiger partial charge is 0.493 e. The second-order valence-electron chi connectivity index (χ2n) is 7.32. The van der Waals surface area contributed by atoms with Gasteiger partial charge in [-0.1, -0.05) is 31.4 Å². The third-order valence-electron chi connectivity index (χ3n) is 5.31. The van der Waals surface area contributed by atoms with Crippen molar-refractivity contribution < 1.29 is 23.6 Å². The second-order valence-corrected chi connectivity index (χ2v) is 7.32. The van der Waals surface area contributed by atoms with E-state index in [0.29, 0.717) is 6.54 Å². The Morgan fingerprint density at radius 2 is 1.83 bits per heavy atom. The summed E-state index contributed by atoms with van der Waals surface area (Å²) in [6.45, 7) is 0.163. The molecule has 0 atom stereocenters. The number of halogens is 1. The summed E-state index contributed by atoms with van der Waals surface area (Å²) >= 11 is 0. The maximum absolute atomic E-state index is 13.2. The molecule has 7 nitrogen and oxygen atoms in total. The first-order chi connectivity index (χ1) is 14.5. The fourth-order valence-electron chi connectivity index (χ4n) is 3.71. The molecule has 0 heterocycles. The number of hydrogen-bond acceptors (Lipinski definition) is 5. The minimum absolute atomic E-state index is 0.110. The van der Waals surface area contributed by atoms with E-state index in [-0.39, 0.29) is 41.6 Å². The number of nitro benzene ring substituents is 1. The molecular formula is C22H25FN2O5. The molecule has 1 aliphatic carbocycles. The molecule has 0 N–H and O–H groups in total. The van der Waals surface area contributed by atoms with E-state index in [1.807, 2.05) is 0 Å². The minimum atomic E-state index is -0.523. The number of carbonyl (C=O) groups excluding carboxylic acids is 1.